The van der Waals surface area contributed by atoms with Gasteiger partial charge in [-0.2, -0.15) is 0 Å². The number of halogens is 1. The highest BCUT2D eigenvalue weighted by atomic mass is 127. The minimum absolute atomic E-state index is 0. The lowest BCUT2D eigenvalue weighted by atomic mass is 10.3. The molecular formula is C17H30IN3O3. The molecule has 0 saturated heterocycles. The van der Waals surface area contributed by atoms with E-state index in [-0.39, 0.29) is 24.0 Å². The average Bonchev–Trinajstić information content (AvgIpc) is 2.57. The fraction of sp³-hybridized carbons (Fsp3) is 0.588. The summed E-state index contributed by atoms with van der Waals surface area (Å²) in [5.74, 6) is 2.10. The maximum Gasteiger partial charge on any atom is 0.195 e. The zero-order valence-electron chi connectivity index (χ0n) is 15.1. The fourth-order valence-electron chi connectivity index (χ4n) is 1.93. The van der Waals surface area contributed by atoms with Crippen molar-refractivity contribution in [2.45, 2.75) is 26.7 Å². The van der Waals surface area contributed by atoms with Crippen molar-refractivity contribution in [3.8, 4) is 11.5 Å². The summed E-state index contributed by atoms with van der Waals surface area (Å²) in [5.41, 5.74) is 0.884. The second kappa shape index (κ2) is 14.2. The smallest absolute Gasteiger partial charge is 0.195 e. The zero-order valence-corrected chi connectivity index (χ0v) is 17.4. The molecule has 0 atom stereocenters. The third-order valence-corrected chi connectivity index (χ3v) is 3.14. The number of hydrogen-bond acceptors (Lipinski definition) is 4. The topological polar surface area (TPSA) is 64.1 Å². The molecule has 0 heterocycles. The van der Waals surface area contributed by atoms with E-state index < -0.39 is 0 Å². The van der Waals surface area contributed by atoms with Gasteiger partial charge in [-0.3, -0.25) is 4.99 Å². The van der Waals surface area contributed by atoms with Gasteiger partial charge in [0, 0.05) is 24.9 Å². The number of ether oxygens (including phenoxy) is 3. The van der Waals surface area contributed by atoms with Crippen molar-refractivity contribution in [3.63, 3.8) is 0 Å². The van der Waals surface area contributed by atoms with Crippen LogP contribution in [-0.4, -0.2) is 46.5 Å². The first-order valence-electron chi connectivity index (χ1n) is 8.10. The molecule has 0 spiro atoms. The predicted molar refractivity (Wildman–Crippen MR) is 110 cm³/mol. The number of unbranched alkanes of at least 4 members (excludes halogenated alkanes) is 1. The summed E-state index contributed by atoms with van der Waals surface area (Å²) >= 11 is 0. The van der Waals surface area contributed by atoms with E-state index in [4.69, 9.17) is 14.2 Å². The van der Waals surface area contributed by atoms with Crippen LogP contribution in [0.2, 0.25) is 0 Å². The quantitative estimate of drug-likeness (QED) is 0.247. The lowest BCUT2D eigenvalue weighted by Crippen LogP contribution is -2.31. The first-order chi connectivity index (χ1) is 11.2. The van der Waals surface area contributed by atoms with Crippen LogP contribution in [0.3, 0.4) is 0 Å². The minimum Gasteiger partial charge on any atom is -0.493 e. The van der Waals surface area contributed by atoms with Crippen molar-refractivity contribution in [1.82, 2.24) is 5.32 Å². The van der Waals surface area contributed by atoms with Crippen LogP contribution in [-0.2, 0) is 4.74 Å². The van der Waals surface area contributed by atoms with Crippen LogP contribution in [0.25, 0.3) is 0 Å². The van der Waals surface area contributed by atoms with Gasteiger partial charge in [0.2, 0.25) is 0 Å². The SMILES string of the molecule is CCCCOCCN=C(NCC)Nc1ccc(OC)c(OC)c1.I. The van der Waals surface area contributed by atoms with E-state index in [0.717, 1.165) is 37.6 Å². The first-order valence-corrected chi connectivity index (χ1v) is 8.10. The number of guanidine groups is 1. The third-order valence-electron chi connectivity index (χ3n) is 3.14. The molecule has 0 radical (unpaired) electrons. The molecule has 0 aromatic heterocycles. The molecule has 0 unspecified atom stereocenters. The van der Waals surface area contributed by atoms with Crippen molar-refractivity contribution >= 4 is 35.6 Å². The second-order valence-electron chi connectivity index (χ2n) is 4.92. The van der Waals surface area contributed by atoms with E-state index in [2.05, 4.69) is 22.5 Å². The maximum atomic E-state index is 5.52. The van der Waals surface area contributed by atoms with Crippen molar-refractivity contribution in [3.05, 3.63) is 18.2 Å². The highest BCUT2D eigenvalue weighted by molar-refractivity contribution is 14.0. The Bertz CT molecular complexity index is 484. The van der Waals surface area contributed by atoms with Gasteiger partial charge in [0.15, 0.2) is 17.5 Å². The normalized spacial score (nSPS) is 10.8. The molecular weight excluding hydrogens is 421 g/mol. The largest absolute Gasteiger partial charge is 0.493 e. The molecule has 0 aliphatic heterocycles. The average molecular weight is 451 g/mol. The molecule has 0 amide bonds. The van der Waals surface area contributed by atoms with E-state index in [1.807, 2.05) is 25.1 Å². The monoisotopic (exact) mass is 451 g/mol. The fourth-order valence-corrected chi connectivity index (χ4v) is 1.93. The molecule has 6 nitrogen and oxygen atoms in total. The molecule has 0 aliphatic rings. The molecule has 0 aliphatic carbocycles. The van der Waals surface area contributed by atoms with E-state index in [1.54, 1.807) is 14.2 Å². The summed E-state index contributed by atoms with van der Waals surface area (Å²) < 4.78 is 16.1. The van der Waals surface area contributed by atoms with E-state index in [0.29, 0.717) is 24.7 Å². The highest BCUT2D eigenvalue weighted by Crippen LogP contribution is 2.29. The van der Waals surface area contributed by atoms with Crippen molar-refractivity contribution in [1.29, 1.82) is 0 Å². The Morgan fingerprint density at radius 1 is 1.08 bits per heavy atom. The Kier molecular flexibility index (Phi) is 13.4. The summed E-state index contributed by atoms with van der Waals surface area (Å²) in [4.78, 5) is 4.50. The van der Waals surface area contributed by atoms with Gasteiger partial charge in [-0.05, 0) is 25.5 Å². The van der Waals surface area contributed by atoms with Gasteiger partial charge in [-0.15, -0.1) is 24.0 Å². The number of aliphatic imine (C=N–C) groups is 1. The number of anilines is 1. The molecule has 2 N–H and O–H groups in total. The summed E-state index contributed by atoms with van der Waals surface area (Å²) in [6, 6.07) is 5.66. The van der Waals surface area contributed by atoms with Gasteiger partial charge in [0.05, 0.1) is 27.4 Å². The van der Waals surface area contributed by atoms with Crippen molar-refractivity contribution in [2.24, 2.45) is 4.99 Å². The Morgan fingerprint density at radius 3 is 2.46 bits per heavy atom. The van der Waals surface area contributed by atoms with Crippen LogP contribution in [0.4, 0.5) is 5.69 Å². The van der Waals surface area contributed by atoms with E-state index >= 15 is 0 Å². The number of nitrogens with zero attached hydrogens (tertiary/aromatic N) is 1. The lowest BCUT2D eigenvalue weighted by molar-refractivity contribution is 0.139. The van der Waals surface area contributed by atoms with E-state index in [9.17, 15) is 0 Å². The van der Waals surface area contributed by atoms with Crippen LogP contribution in [0, 0.1) is 0 Å². The van der Waals surface area contributed by atoms with Gasteiger partial charge < -0.3 is 24.8 Å². The molecule has 0 fully saturated rings. The first kappa shape index (κ1) is 22.8. The maximum absolute atomic E-state index is 5.52. The van der Waals surface area contributed by atoms with E-state index in [1.165, 1.54) is 0 Å². The molecule has 1 aromatic carbocycles. The highest BCUT2D eigenvalue weighted by Gasteiger charge is 2.06. The molecule has 0 bridgehead atoms. The van der Waals surface area contributed by atoms with Crippen LogP contribution in [0.5, 0.6) is 11.5 Å². The van der Waals surface area contributed by atoms with Crippen LogP contribution in [0.1, 0.15) is 26.7 Å². The molecule has 138 valence electrons. The summed E-state index contributed by atoms with van der Waals surface area (Å²) in [5, 5.41) is 6.47. The minimum atomic E-state index is 0. The third kappa shape index (κ3) is 8.58. The van der Waals surface area contributed by atoms with Gasteiger partial charge in [0.25, 0.3) is 0 Å². The Labute approximate surface area is 162 Å². The Hall–Kier alpha value is -1.22. The van der Waals surface area contributed by atoms with Crippen LogP contribution < -0.4 is 20.1 Å². The Balaban J connectivity index is 0.00000529. The number of rotatable bonds is 10. The molecule has 0 saturated carbocycles. The summed E-state index contributed by atoms with van der Waals surface area (Å²) in [6.07, 6.45) is 2.24. The number of benzene rings is 1. The standard InChI is InChI=1S/C17H29N3O3.HI/c1-5-7-11-23-12-10-19-17(18-6-2)20-14-8-9-15(21-3)16(13-14)22-4;/h8-9,13H,5-7,10-12H2,1-4H3,(H2,18,19,20);1H. The second-order valence-corrected chi connectivity index (χ2v) is 4.92. The lowest BCUT2D eigenvalue weighted by Gasteiger charge is -2.13. The molecule has 7 heteroatoms. The van der Waals surface area contributed by atoms with Gasteiger partial charge in [-0.25, -0.2) is 0 Å². The van der Waals surface area contributed by atoms with Gasteiger partial charge in [0.1, 0.15) is 0 Å². The van der Waals surface area contributed by atoms with Crippen molar-refractivity contribution in [2.75, 3.05) is 45.8 Å². The molecule has 1 rings (SSSR count). The van der Waals surface area contributed by atoms with Gasteiger partial charge in [-0.1, -0.05) is 13.3 Å². The molecule has 1 aromatic rings. The zero-order chi connectivity index (χ0) is 16.9. The summed E-state index contributed by atoms with van der Waals surface area (Å²) in [7, 11) is 3.24. The number of nitrogens with one attached hydrogen (secondary N) is 2. The summed E-state index contributed by atoms with van der Waals surface area (Å²) in [6.45, 7) is 7.01. The van der Waals surface area contributed by atoms with Crippen LogP contribution in [0.15, 0.2) is 23.2 Å². The van der Waals surface area contributed by atoms with Gasteiger partial charge >= 0.3 is 0 Å². The van der Waals surface area contributed by atoms with Crippen LogP contribution >= 0.6 is 24.0 Å². The molecule has 24 heavy (non-hydrogen) atoms. The number of methoxy groups -OCH3 is 2. The van der Waals surface area contributed by atoms with Crippen molar-refractivity contribution < 1.29 is 14.2 Å². The predicted octanol–water partition coefficient (Wildman–Crippen LogP) is 3.52. The Morgan fingerprint density at radius 2 is 1.83 bits per heavy atom. The number of hydrogen-bond donors (Lipinski definition) is 2.